The zero-order valence-corrected chi connectivity index (χ0v) is 20.1. The van der Waals surface area contributed by atoms with Crippen LogP contribution in [0.3, 0.4) is 0 Å². The molecule has 0 unspecified atom stereocenters. The molecule has 0 saturated heterocycles. The van der Waals surface area contributed by atoms with E-state index in [4.69, 9.17) is 14.0 Å². The molecular weight excluding hydrogens is 489 g/mol. The molecule has 0 spiro atoms. The van der Waals surface area contributed by atoms with Crippen molar-refractivity contribution in [2.24, 2.45) is 5.92 Å². The summed E-state index contributed by atoms with van der Waals surface area (Å²) in [7, 11) is -4.34. The van der Waals surface area contributed by atoms with Gasteiger partial charge in [0.15, 0.2) is 17.1 Å². The Morgan fingerprint density at radius 1 is 1.06 bits per heavy atom. The van der Waals surface area contributed by atoms with Crippen LogP contribution in [0.4, 0.5) is 13.2 Å². The molecule has 35 heavy (non-hydrogen) atoms. The number of carbonyl (C=O) groups excluding carboxylic acids is 1. The zero-order valence-electron chi connectivity index (χ0n) is 19.2. The van der Waals surface area contributed by atoms with E-state index in [2.05, 4.69) is 16.6 Å². The summed E-state index contributed by atoms with van der Waals surface area (Å²) in [6.45, 7) is -0.620. The summed E-state index contributed by atoms with van der Waals surface area (Å²) in [5, 5.41) is 0. The first kappa shape index (κ1) is 27.1. The highest BCUT2D eigenvalue weighted by molar-refractivity contribution is 7.85. The number of halogens is 3. The van der Waals surface area contributed by atoms with Crippen LogP contribution in [0.2, 0.25) is 0 Å². The molecule has 0 atom stereocenters. The monoisotopic (exact) mass is 518 g/mol. The van der Waals surface area contributed by atoms with Gasteiger partial charge in [0.25, 0.3) is 10.1 Å². The average molecular weight is 519 g/mol. The topological polar surface area (TPSA) is 99.1 Å². The second kappa shape index (κ2) is 11.5. The average Bonchev–Trinajstić information content (AvgIpc) is 2.78. The van der Waals surface area contributed by atoms with Crippen LogP contribution in [-0.2, 0) is 14.9 Å². The van der Waals surface area contributed by atoms with Crippen molar-refractivity contribution in [3.8, 4) is 23.3 Å². The predicted octanol–water partition coefficient (Wildman–Crippen LogP) is 5.30. The second-order valence-corrected chi connectivity index (χ2v) is 10.5. The Morgan fingerprint density at radius 3 is 2.34 bits per heavy atom. The van der Waals surface area contributed by atoms with Gasteiger partial charge in [-0.25, -0.2) is 4.79 Å². The fraction of sp³-hybridized carbons (Fsp3) is 0.625. The predicted molar refractivity (Wildman–Crippen MR) is 121 cm³/mol. The van der Waals surface area contributed by atoms with Gasteiger partial charge in [0.05, 0.1) is 5.56 Å². The maximum Gasteiger partial charge on any atom is 0.573 e. The Morgan fingerprint density at radius 2 is 1.71 bits per heavy atom. The molecule has 11 heteroatoms. The van der Waals surface area contributed by atoms with Crippen LogP contribution in [0, 0.1) is 17.8 Å². The van der Waals surface area contributed by atoms with Gasteiger partial charge in [-0.1, -0.05) is 37.5 Å². The lowest BCUT2D eigenvalue weighted by Gasteiger charge is -2.34. The van der Waals surface area contributed by atoms with Crippen LogP contribution < -0.4 is 9.47 Å². The summed E-state index contributed by atoms with van der Waals surface area (Å²) in [5.74, 6) is 4.03. The van der Waals surface area contributed by atoms with Gasteiger partial charge in [-0.15, -0.1) is 13.2 Å². The molecule has 0 radical (unpaired) electrons. The normalized spacial score (nSPS) is 18.7. The molecule has 2 aliphatic carbocycles. The maximum absolute atomic E-state index is 13.0. The van der Waals surface area contributed by atoms with Crippen LogP contribution in [0.1, 0.15) is 74.6 Å². The minimum Gasteiger partial charge on any atom is -0.471 e. The number of carbonyl (C=O) groups is 1. The first-order valence-corrected chi connectivity index (χ1v) is 13.3. The van der Waals surface area contributed by atoms with Gasteiger partial charge >= 0.3 is 12.3 Å². The quantitative estimate of drug-likeness (QED) is 0.297. The van der Waals surface area contributed by atoms with Crippen molar-refractivity contribution in [1.29, 1.82) is 0 Å². The van der Waals surface area contributed by atoms with E-state index >= 15 is 0 Å². The molecule has 3 rings (SSSR count). The van der Waals surface area contributed by atoms with Gasteiger partial charge < -0.3 is 14.2 Å². The van der Waals surface area contributed by atoms with Gasteiger partial charge in [0, 0.05) is 5.92 Å². The maximum atomic E-state index is 13.0. The van der Waals surface area contributed by atoms with E-state index in [9.17, 15) is 26.4 Å². The number of rotatable bonds is 7. The number of ether oxygens (including phenoxy) is 3. The fourth-order valence-corrected chi connectivity index (χ4v) is 4.61. The van der Waals surface area contributed by atoms with E-state index in [1.54, 1.807) is 0 Å². The van der Waals surface area contributed by atoms with Crippen LogP contribution >= 0.6 is 0 Å². The number of benzene rings is 1. The highest BCUT2D eigenvalue weighted by Gasteiger charge is 2.37. The number of alkyl halides is 3. The molecule has 2 fully saturated rings. The van der Waals surface area contributed by atoms with Gasteiger partial charge in [-0.2, -0.15) is 8.42 Å². The summed E-state index contributed by atoms with van der Waals surface area (Å²) in [6.07, 6.45) is 3.96. The molecule has 0 bridgehead atoms. The second-order valence-electron chi connectivity index (χ2n) is 8.89. The summed E-state index contributed by atoms with van der Waals surface area (Å²) < 4.78 is 84.6. The Bertz CT molecular complexity index is 1050. The van der Waals surface area contributed by atoms with Gasteiger partial charge in [0.2, 0.25) is 0 Å². The molecule has 0 amide bonds. The van der Waals surface area contributed by atoms with Gasteiger partial charge in [-0.3, -0.25) is 4.55 Å². The van der Waals surface area contributed by atoms with Crippen molar-refractivity contribution < 1.29 is 45.1 Å². The van der Waals surface area contributed by atoms with E-state index < -0.39 is 46.2 Å². The SMILES string of the molecule is O=C(OCCS(=O)(=O)O)c1ccc(OC(F)(F)F)c(OC2(C#CC3CCCCC3)CCCCC2)c1. The molecule has 1 aromatic rings. The van der Waals surface area contributed by atoms with Crippen molar-refractivity contribution in [3.05, 3.63) is 23.8 Å². The molecule has 1 N–H and O–H groups in total. The van der Waals surface area contributed by atoms with Gasteiger partial charge in [0.1, 0.15) is 12.4 Å². The Kier molecular flexibility index (Phi) is 8.94. The largest absolute Gasteiger partial charge is 0.573 e. The van der Waals surface area contributed by atoms with E-state index in [1.165, 1.54) is 6.42 Å². The Balaban J connectivity index is 1.88. The smallest absolute Gasteiger partial charge is 0.471 e. The lowest BCUT2D eigenvalue weighted by atomic mass is 9.83. The molecule has 0 heterocycles. The molecular formula is C24H29F3O7S. The number of esters is 1. The Hall–Kier alpha value is -2.45. The zero-order chi connectivity index (χ0) is 25.5. The highest BCUT2D eigenvalue weighted by Crippen LogP contribution is 2.40. The van der Waals surface area contributed by atoms with Crippen molar-refractivity contribution >= 4 is 16.1 Å². The van der Waals surface area contributed by atoms with Crippen molar-refractivity contribution in [2.45, 2.75) is 76.2 Å². The van der Waals surface area contributed by atoms with E-state index in [-0.39, 0.29) is 17.2 Å². The summed E-state index contributed by atoms with van der Waals surface area (Å²) in [5.41, 5.74) is -1.16. The molecule has 2 saturated carbocycles. The number of hydrogen-bond acceptors (Lipinski definition) is 6. The third kappa shape index (κ3) is 8.93. The lowest BCUT2D eigenvalue weighted by molar-refractivity contribution is -0.275. The summed E-state index contributed by atoms with van der Waals surface area (Å²) in [4.78, 5) is 12.3. The van der Waals surface area contributed by atoms with Crippen LogP contribution in [0.15, 0.2) is 18.2 Å². The molecule has 2 aliphatic rings. The first-order valence-electron chi connectivity index (χ1n) is 11.7. The molecule has 7 nitrogen and oxygen atoms in total. The van der Waals surface area contributed by atoms with Crippen LogP contribution in [0.25, 0.3) is 0 Å². The van der Waals surface area contributed by atoms with E-state index in [0.29, 0.717) is 12.8 Å². The van der Waals surface area contributed by atoms with Gasteiger partial charge in [-0.05, 0) is 56.7 Å². The van der Waals surface area contributed by atoms with E-state index in [1.807, 2.05) is 0 Å². The van der Waals surface area contributed by atoms with Crippen molar-refractivity contribution in [2.75, 3.05) is 12.4 Å². The molecule has 0 aliphatic heterocycles. The molecule has 0 aromatic heterocycles. The summed E-state index contributed by atoms with van der Waals surface area (Å²) in [6, 6.07) is 3.09. The Labute approximate surface area is 203 Å². The third-order valence-electron chi connectivity index (χ3n) is 6.06. The minimum atomic E-state index is -4.98. The summed E-state index contributed by atoms with van der Waals surface area (Å²) >= 11 is 0. The first-order chi connectivity index (χ1) is 16.4. The minimum absolute atomic E-state index is 0.156. The highest BCUT2D eigenvalue weighted by atomic mass is 32.2. The van der Waals surface area contributed by atoms with Crippen LogP contribution in [0.5, 0.6) is 11.5 Å². The molecule has 1 aromatic carbocycles. The third-order valence-corrected chi connectivity index (χ3v) is 6.74. The van der Waals surface area contributed by atoms with Crippen LogP contribution in [-0.4, -0.2) is 43.3 Å². The fourth-order valence-electron chi connectivity index (χ4n) is 4.31. The number of hydrogen-bond donors (Lipinski definition) is 1. The van der Waals surface area contributed by atoms with Crippen molar-refractivity contribution in [3.63, 3.8) is 0 Å². The lowest BCUT2D eigenvalue weighted by Crippen LogP contribution is -2.37. The standard InChI is InChI=1S/C24H29F3O7S/c25-24(26,27)34-20-10-9-19(22(28)32-15-16-35(29,30)31)17-21(20)33-23(12-5-2-6-13-23)14-11-18-7-3-1-4-8-18/h9-10,17-18H,1-8,12-13,15-16H2,(H,29,30,31). The molecule has 194 valence electrons. The van der Waals surface area contributed by atoms with E-state index in [0.717, 1.165) is 63.1 Å². The van der Waals surface area contributed by atoms with Crippen molar-refractivity contribution in [1.82, 2.24) is 0 Å².